The summed E-state index contributed by atoms with van der Waals surface area (Å²) in [4.78, 5) is 62.3. The molecular formula is C26H16N8O12. The van der Waals surface area contributed by atoms with Crippen molar-refractivity contribution >= 4 is 69.0 Å². The van der Waals surface area contributed by atoms with Crippen molar-refractivity contribution in [3.05, 3.63) is 145 Å². The number of hydrogen-bond donors (Lipinski definition) is 2. The molecule has 2 N–H and O–H groups in total. The first-order valence-corrected chi connectivity index (χ1v) is 12.4. The van der Waals surface area contributed by atoms with Crippen LogP contribution in [0.4, 0.5) is 56.9 Å². The van der Waals surface area contributed by atoms with Crippen LogP contribution in [-0.2, 0) is 0 Å². The van der Waals surface area contributed by atoms with Crippen molar-refractivity contribution < 1.29 is 29.5 Å². The number of rotatable bonds is 12. The maximum Gasteiger partial charge on any atom is 0.306 e. The van der Waals surface area contributed by atoms with Gasteiger partial charge in [-0.15, -0.1) is 0 Å². The zero-order valence-corrected chi connectivity index (χ0v) is 22.7. The van der Waals surface area contributed by atoms with E-state index in [0.717, 1.165) is 0 Å². The fraction of sp³-hybridized carbons (Fsp3) is 0. The fourth-order valence-electron chi connectivity index (χ4n) is 4.07. The van der Waals surface area contributed by atoms with Crippen LogP contribution in [0, 0.1) is 60.7 Å². The molecule has 0 heterocycles. The Morgan fingerprint density at radius 1 is 0.413 bits per heavy atom. The first-order chi connectivity index (χ1) is 21.7. The molecule has 4 aromatic carbocycles. The minimum atomic E-state index is -0.980. The van der Waals surface area contributed by atoms with Gasteiger partial charge in [-0.05, 0) is 35.4 Å². The summed E-state index contributed by atoms with van der Waals surface area (Å²) in [5.74, 6) is 0. The highest BCUT2D eigenvalue weighted by Crippen LogP contribution is 2.41. The first kappa shape index (κ1) is 31.6. The summed E-state index contributed by atoms with van der Waals surface area (Å²) in [5.41, 5.74) is -4.49. The van der Waals surface area contributed by atoms with Crippen molar-refractivity contribution in [1.29, 1.82) is 0 Å². The smallest absolute Gasteiger partial charge is 0.306 e. The number of nitro benzene ring substituents is 6. The average molecular weight is 632 g/mol. The molecule has 4 rings (SSSR count). The molecule has 0 unspecified atom stereocenters. The molecule has 0 fully saturated rings. The van der Waals surface area contributed by atoms with Crippen LogP contribution >= 0.6 is 0 Å². The Morgan fingerprint density at radius 2 is 0.674 bits per heavy atom. The van der Waals surface area contributed by atoms with Crippen LogP contribution < -0.4 is 10.6 Å². The van der Waals surface area contributed by atoms with E-state index in [1.54, 1.807) is 36.4 Å². The highest BCUT2D eigenvalue weighted by Gasteiger charge is 2.32. The molecule has 4 aromatic rings. The molecule has 0 aliphatic heterocycles. The van der Waals surface area contributed by atoms with Gasteiger partial charge in [0.1, 0.15) is 0 Å². The Morgan fingerprint density at radius 3 is 0.891 bits per heavy atom. The first-order valence-electron chi connectivity index (χ1n) is 12.4. The number of nitrogens with zero attached hydrogens (tertiary/aromatic N) is 6. The SMILES string of the molecule is O=[N+]([O-])c1cc([N+](=O)[O-])c(Nc2ccc(/C=C/c3ccc(Nc4c([N+](=O)[O-])cc([N+](=O)[O-])cc4[N+](=O)[O-])cc3)cc2)c([N+](=O)[O-])c1. The predicted octanol–water partition coefficient (Wildman–Crippen LogP) is 6.79. The second kappa shape index (κ2) is 12.9. The molecule has 0 saturated carbocycles. The van der Waals surface area contributed by atoms with Gasteiger partial charge in [0, 0.05) is 11.4 Å². The van der Waals surface area contributed by atoms with Gasteiger partial charge in [-0.25, -0.2) is 0 Å². The predicted molar refractivity (Wildman–Crippen MR) is 161 cm³/mol. The van der Waals surface area contributed by atoms with E-state index in [0.29, 0.717) is 35.4 Å². The van der Waals surface area contributed by atoms with E-state index < -0.39 is 75.0 Å². The number of hydrogen-bond acceptors (Lipinski definition) is 14. The van der Waals surface area contributed by atoms with E-state index in [4.69, 9.17) is 0 Å². The molecule has 0 aromatic heterocycles. The van der Waals surface area contributed by atoms with Crippen molar-refractivity contribution in [2.75, 3.05) is 10.6 Å². The maximum atomic E-state index is 11.5. The Hall–Kier alpha value is -7.38. The third-order valence-corrected chi connectivity index (χ3v) is 6.20. The number of nitrogens with one attached hydrogen (secondary N) is 2. The highest BCUT2D eigenvalue weighted by molar-refractivity contribution is 5.83. The van der Waals surface area contributed by atoms with Gasteiger partial charge >= 0.3 is 22.7 Å². The molecule has 0 aliphatic carbocycles. The van der Waals surface area contributed by atoms with Gasteiger partial charge in [0.05, 0.1) is 53.8 Å². The number of nitro groups is 6. The van der Waals surface area contributed by atoms with Gasteiger partial charge < -0.3 is 10.6 Å². The van der Waals surface area contributed by atoms with Crippen molar-refractivity contribution in [1.82, 2.24) is 0 Å². The molecule has 0 radical (unpaired) electrons. The van der Waals surface area contributed by atoms with Gasteiger partial charge in [-0.1, -0.05) is 36.4 Å². The Labute approximate surface area is 254 Å². The van der Waals surface area contributed by atoms with Gasteiger partial charge in [0.15, 0.2) is 11.4 Å². The monoisotopic (exact) mass is 632 g/mol. The van der Waals surface area contributed by atoms with Crippen molar-refractivity contribution in [3.63, 3.8) is 0 Å². The molecule has 0 atom stereocenters. The summed E-state index contributed by atoms with van der Waals surface area (Å²) in [5, 5.41) is 73.3. The van der Waals surface area contributed by atoms with Gasteiger partial charge in [-0.2, -0.15) is 0 Å². The molecule has 0 amide bonds. The molecule has 20 nitrogen and oxygen atoms in total. The maximum absolute atomic E-state index is 11.5. The zero-order valence-electron chi connectivity index (χ0n) is 22.7. The molecule has 232 valence electrons. The third-order valence-electron chi connectivity index (χ3n) is 6.20. The molecule has 46 heavy (non-hydrogen) atoms. The number of benzene rings is 4. The second-order valence-corrected chi connectivity index (χ2v) is 9.09. The number of non-ortho nitro benzene ring substituents is 2. The van der Waals surface area contributed by atoms with Crippen molar-refractivity contribution in [2.24, 2.45) is 0 Å². The van der Waals surface area contributed by atoms with Gasteiger partial charge in [-0.3, -0.25) is 60.7 Å². The molecular weight excluding hydrogens is 616 g/mol. The normalized spacial score (nSPS) is 10.7. The van der Waals surface area contributed by atoms with Crippen LogP contribution in [0.2, 0.25) is 0 Å². The van der Waals surface area contributed by atoms with Crippen LogP contribution in [-0.4, -0.2) is 29.5 Å². The van der Waals surface area contributed by atoms with E-state index in [2.05, 4.69) is 10.6 Å². The van der Waals surface area contributed by atoms with Crippen LogP contribution in [0.25, 0.3) is 12.2 Å². The summed E-state index contributed by atoms with van der Waals surface area (Å²) in [6.07, 6.45) is 3.32. The van der Waals surface area contributed by atoms with Gasteiger partial charge in [0.2, 0.25) is 0 Å². The average Bonchev–Trinajstić information content (AvgIpc) is 3.00. The van der Waals surface area contributed by atoms with Crippen LogP contribution in [0.5, 0.6) is 0 Å². The molecule has 0 spiro atoms. The van der Waals surface area contributed by atoms with Crippen LogP contribution in [0.15, 0.2) is 72.8 Å². The largest absolute Gasteiger partial charge is 0.344 e. The number of anilines is 4. The van der Waals surface area contributed by atoms with E-state index in [9.17, 15) is 60.7 Å². The topological polar surface area (TPSA) is 283 Å². The summed E-state index contributed by atoms with van der Waals surface area (Å²) >= 11 is 0. The summed E-state index contributed by atoms with van der Waals surface area (Å²) in [6, 6.07) is 14.6. The van der Waals surface area contributed by atoms with E-state index in [-0.39, 0.29) is 11.4 Å². The lowest BCUT2D eigenvalue weighted by atomic mass is 10.1. The Balaban J connectivity index is 1.53. The summed E-state index contributed by atoms with van der Waals surface area (Å²) in [6.45, 7) is 0. The molecule has 20 heteroatoms. The lowest BCUT2D eigenvalue weighted by Gasteiger charge is -2.09. The third kappa shape index (κ3) is 6.97. The quantitative estimate of drug-likeness (QED) is 0.0923. The van der Waals surface area contributed by atoms with Crippen molar-refractivity contribution in [3.8, 4) is 0 Å². The Bertz CT molecular complexity index is 1750. The Kier molecular flexibility index (Phi) is 8.83. The molecule has 0 bridgehead atoms. The fourth-order valence-corrected chi connectivity index (χ4v) is 4.07. The lowest BCUT2D eigenvalue weighted by Crippen LogP contribution is -2.03. The minimum absolute atomic E-state index is 0.210. The second-order valence-electron chi connectivity index (χ2n) is 9.09. The summed E-state index contributed by atoms with van der Waals surface area (Å²) < 4.78 is 0. The summed E-state index contributed by atoms with van der Waals surface area (Å²) in [7, 11) is 0. The highest BCUT2D eigenvalue weighted by atomic mass is 16.6. The van der Waals surface area contributed by atoms with E-state index >= 15 is 0 Å². The van der Waals surface area contributed by atoms with E-state index in [1.165, 1.54) is 24.3 Å². The van der Waals surface area contributed by atoms with Crippen LogP contribution in [0.1, 0.15) is 11.1 Å². The minimum Gasteiger partial charge on any atom is -0.344 e. The van der Waals surface area contributed by atoms with E-state index in [1.807, 2.05) is 0 Å². The van der Waals surface area contributed by atoms with Crippen molar-refractivity contribution in [2.45, 2.75) is 0 Å². The van der Waals surface area contributed by atoms with Crippen LogP contribution in [0.3, 0.4) is 0 Å². The zero-order chi connectivity index (χ0) is 33.7. The van der Waals surface area contributed by atoms with Gasteiger partial charge in [0.25, 0.3) is 11.4 Å². The standard InChI is InChI=1S/C26H16N8O12/c35-29(36)19-11-21(31(39)40)25(22(12-19)32(41)42)27-17-7-3-15(4-8-17)1-2-16-5-9-18(10-6-16)28-26-23(33(43)44)13-20(30(37)38)14-24(26)34(45)46/h1-14,27-28H/b2-1+. The molecule has 0 saturated heterocycles. The molecule has 0 aliphatic rings. The lowest BCUT2D eigenvalue weighted by molar-refractivity contribution is -0.402.